The summed E-state index contributed by atoms with van der Waals surface area (Å²) in [5.41, 5.74) is 0. The van der Waals surface area contributed by atoms with Gasteiger partial charge in [-0.05, 0) is 0 Å². The minimum Gasteiger partial charge on any atom is -1.00 e. The molecule has 4 unspecified atom stereocenters. The summed E-state index contributed by atoms with van der Waals surface area (Å²) in [6.07, 6.45) is -6.84. The van der Waals surface area contributed by atoms with E-state index >= 15 is 0 Å². The molecule has 7 nitrogen and oxygen atoms in total. The smallest absolute Gasteiger partial charge is 1.00 e. The molecule has 0 heterocycles. The summed E-state index contributed by atoms with van der Waals surface area (Å²) in [5, 5.41) is 43.5. The Bertz CT molecular complexity index is 191. The van der Waals surface area contributed by atoms with Crippen LogP contribution in [0.3, 0.4) is 0 Å². The number of rotatable bonds is 5. The van der Waals surface area contributed by atoms with E-state index in [4.69, 9.17) is 25.5 Å². The number of halogens is 3. The zero-order chi connectivity index (χ0) is 9.72. The van der Waals surface area contributed by atoms with Crippen LogP contribution in [-0.2, 0) is 4.79 Å². The zero-order valence-electron chi connectivity index (χ0n) is 17.4. The fourth-order valence-corrected chi connectivity index (χ4v) is 0.618. The Kier molecular flexibility index (Phi) is 97.5. The molecule has 0 aromatic rings. The van der Waals surface area contributed by atoms with Crippen LogP contribution < -0.4 is 59.1 Å². The molecule has 0 saturated heterocycles. The number of carbonyl (C=O) groups excluding carboxylic acids is 1. The molecule has 0 aliphatic heterocycles. The average molecular weight is 424 g/mol. The molecule has 0 bridgehead atoms. The number of carbonyl (C=O) groups is 1. The molecule has 0 fully saturated rings. The Balaban J connectivity index is -0.00000000665. The van der Waals surface area contributed by atoms with Crippen molar-refractivity contribution in [3.63, 3.8) is 0 Å². The minimum absolute atomic E-state index is 0. The monoisotopic (exact) mass is 422 g/mol. The summed E-state index contributed by atoms with van der Waals surface area (Å²) in [6, 6.07) is 0. The van der Waals surface area contributed by atoms with E-state index in [-0.39, 0.29) is 177 Å². The second-order valence-electron chi connectivity index (χ2n) is 2.36. The maximum atomic E-state index is 9.90. The van der Waals surface area contributed by atoms with E-state index in [2.05, 4.69) is 0 Å². The fraction of sp³-hybridized carbons (Fsp3) is 0.833. The molecule has 0 aromatic carbocycles. The van der Waals surface area contributed by atoms with Crippen molar-refractivity contribution in [2.45, 2.75) is 24.4 Å². The van der Waals surface area contributed by atoms with Gasteiger partial charge in [0, 0.05) is 0 Å². The molecule has 0 radical (unpaired) electrons. The van der Waals surface area contributed by atoms with Gasteiger partial charge in [-0.25, -0.2) is 0 Å². The van der Waals surface area contributed by atoms with E-state index in [9.17, 15) is 4.79 Å². The molecule has 116 valence electrons. The van der Waals surface area contributed by atoms with Gasteiger partial charge in [-0.3, -0.25) is 0 Å². The van der Waals surface area contributed by atoms with Crippen molar-refractivity contribution in [1.82, 2.24) is 0 Å². The topological polar surface area (TPSA) is 150 Å². The Hall–Kier alpha value is 4.33. The molecule has 14 heteroatoms. The van der Waals surface area contributed by atoms with Crippen LogP contribution in [0.1, 0.15) is 8.56 Å². The van der Waals surface area contributed by atoms with Gasteiger partial charge in [-0.15, -0.1) is 37.2 Å². The molecule has 0 amide bonds. The zero-order valence-corrected chi connectivity index (χ0v) is 21.4. The predicted molar refractivity (Wildman–Crippen MR) is 80.7 cm³/mol. The third-order valence-electron chi connectivity index (χ3n) is 1.42. The number of hydrogen-bond donors (Lipinski definition) is 5. The first kappa shape index (κ1) is 56.3. The summed E-state index contributed by atoms with van der Waals surface area (Å²) in [4.78, 5) is 9.90. The molecule has 0 rings (SSSR count). The summed E-state index contributed by atoms with van der Waals surface area (Å²) < 4.78 is 0. The summed E-state index contributed by atoms with van der Waals surface area (Å²) in [7, 11) is 0. The molecule has 4 atom stereocenters. The van der Waals surface area contributed by atoms with Crippen molar-refractivity contribution in [2.24, 2.45) is 0 Å². The van der Waals surface area contributed by atoms with Crippen molar-refractivity contribution in [2.75, 3.05) is 6.61 Å². The van der Waals surface area contributed by atoms with Gasteiger partial charge in [0.05, 0.1) is 6.61 Å². The normalized spacial score (nSPS) is 12.7. The number of hydrogen-bond acceptors (Lipinski definition) is 6. The standard InChI is InChI=1S/C6H12O6.Ca.3ClH.Mg.2Na.H2O.6H/c7-1-3(9)5(11)6(12)4(10)2-8;;;;;;;;;;;;;;/h1,3-6,8-12H,2H2;;3*1H;;;;1H2;;;;;;/q;+2;;;;+2;2*+1;;6*-1. The van der Waals surface area contributed by atoms with E-state index in [1.165, 1.54) is 0 Å². The summed E-state index contributed by atoms with van der Waals surface area (Å²) in [6.45, 7) is -0.760. The van der Waals surface area contributed by atoms with Crippen LogP contribution in [-0.4, -0.2) is 129 Å². The third-order valence-corrected chi connectivity index (χ3v) is 1.42. The van der Waals surface area contributed by atoms with Gasteiger partial charge >= 0.3 is 120 Å². The van der Waals surface area contributed by atoms with Crippen LogP contribution in [0, 0.1) is 0 Å². The van der Waals surface area contributed by atoms with Gasteiger partial charge in [-0.1, -0.05) is 0 Å². The SMILES string of the molecule is Cl.Cl.Cl.O.O=CC(O)C(O)C(O)C(O)CO.[Ca+2].[H-].[H-].[H-].[H-].[H-].[H-].[Mg+2].[Na+].[Na+]. The summed E-state index contributed by atoms with van der Waals surface area (Å²) >= 11 is 0. The molecular formula is C6H23CaCl3MgNa2O7. The van der Waals surface area contributed by atoms with Crippen LogP contribution in [0.5, 0.6) is 0 Å². The largest absolute Gasteiger partial charge is 2.00 e. The molecule has 0 spiro atoms. The van der Waals surface area contributed by atoms with Crippen molar-refractivity contribution < 1.29 is 103 Å². The molecule has 0 aliphatic carbocycles. The number of aliphatic hydroxyl groups excluding tert-OH is 5. The Morgan fingerprint density at radius 3 is 1.45 bits per heavy atom. The molecular weight excluding hydrogens is 401 g/mol. The Morgan fingerprint density at radius 1 is 0.950 bits per heavy atom. The Morgan fingerprint density at radius 2 is 1.25 bits per heavy atom. The first-order valence-electron chi connectivity index (χ1n) is 3.33. The average Bonchev–Trinajstić information content (AvgIpc) is 2.12. The minimum atomic E-state index is -1.79. The van der Waals surface area contributed by atoms with Crippen molar-refractivity contribution in [3.05, 3.63) is 0 Å². The van der Waals surface area contributed by atoms with Gasteiger partial charge in [0.15, 0.2) is 6.29 Å². The van der Waals surface area contributed by atoms with E-state index < -0.39 is 31.0 Å². The number of aldehydes is 1. The van der Waals surface area contributed by atoms with Gasteiger partial charge in [0.2, 0.25) is 0 Å². The van der Waals surface area contributed by atoms with E-state index in [1.54, 1.807) is 0 Å². The van der Waals surface area contributed by atoms with E-state index in [0.717, 1.165) is 0 Å². The predicted octanol–water partition coefficient (Wildman–Crippen LogP) is -9.02. The second-order valence-corrected chi connectivity index (χ2v) is 2.36. The molecule has 20 heavy (non-hydrogen) atoms. The molecule has 0 aromatic heterocycles. The van der Waals surface area contributed by atoms with Crippen molar-refractivity contribution >= 4 is 104 Å². The third kappa shape index (κ3) is 24.6. The first-order chi connectivity index (χ1) is 5.54. The van der Waals surface area contributed by atoms with Gasteiger partial charge in [0.25, 0.3) is 0 Å². The van der Waals surface area contributed by atoms with Crippen LogP contribution in [0.2, 0.25) is 0 Å². The second kappa shape index (κ2) is 34.6. The van der Waals surface area contributed by atoms with Crippen LogP contribution in [0.25, 0.3) is 0 Å². The van der Waals surface area contributed by atoms with E-state index in [0.29, 0.717) is 0 Å². The quantitative estimate of drug-likeness (QED) is 0.219. The van der Waals surface area contributed by atoms with Gasteiger partial charge < -0.3 is 44.4 Å². The fourth-order valence-electron chi connectivity index (χ4n) is 0.618. The Labute approximate surface area is 235 Å². The van der Waals surface area contributed by atoms with Crippen molar-refractivity contribution in [1.29, 1.82) is 0 Å². The van der Waals surface area contributed by atoms with Crippen LogP contribution in [0.15, 0.2) is 0 Å². The molecule has 0 saturated carbocycles. The van der Waals surface area contributed by atoms with Crippen LogP contribution in [0.4, 0.5) is 0 Å². The summed E-state index contributed by atoms with van der Waals surface area (Å²) in [5.74, 6) is 0. The van der Waals surface area contributed by atoms with E-state index in [1.807, 2.05) is 0 Å². The first-order valence-corrected chi connectivity index (χ1v) is 3.33. The molecule has 7 N–H and O–H groups in total. The maximum Gasteiger partial charge on any atom is 2.00 e. The molecule has 0 aliphatic rings. The number of aliphatic hydroxyl groups is 5. The van der Waals surface area contributed by atoms with Gasteiger partial charge in [0.1, 0.15) is 24.4 Å². The van der Waals surface area contributed by atoms with Crippen LogP contribution >= 0.6 is 37.2 Å². The maximum absolute atomic E-state index is 9.90. The van der Waals surface area contributed by atoms with Gasteiger partial charge in [-0.2, -0.15) is 0 Å². The van der Waals surface area contributed by atoms with Crippen molar-refractivity contribution in [3.8, 4) is 0 Å².